The fraction of sp³-hybridized carbons (Fsp3) is 0.529. The number of carbonyl (C=O) groups excluding carboxylic acids is 1. The lowest BCUT2D eigenvalue weighted by atomic mass is 9.93. The summed E-state index contributed by atoms with van der Waals surface area (Å²) in [6.07, 6.45) is 5.22. The lowest BCUT2D eigenvalue weighted by Gasteiger charge is -2.26. The number of hydrogen-bond donors (Lipinski definition) is 3. The van der Waals surface area contributed by atoms with E-state index in [1.165, 1.54) is 0 Å². The van der Waals surface area contributed by atoms with Crippen LogP contribution in [0.15, 0.2) is 22.6 Å². The zero-order valence-corrected chi connectivity index (χ0v) is 12.9. The molecule has 0 radical (unpaired) electrons. The van der Waals surface area contributed by atoms with E-state index in [0.29, 0.717) is 11.6 Å². The molecule has 0 saturated heterocycles. The second-order valence-corrected chi connectivity index (χ2v) is 6.61. The van der Waals surface area contributed by atoms with Crippen LogP contribution in [0.25, 0.3) is 11.1 Å². The molecule has 6 heteroatoms. The van der Waals surface area contributed by atoms with E-state index in [0.717, 1.165) is 55.5 Å². The molecule has 2 aromatic rings. The van der Waals surface area contributed by atoms with Gasteiger partial charge in [0.25, 0.3) is 0 Å². The summed E-state index contributed by atoms with van der Waals surface area (Å²) in [7, 11) is 0. The van der Waals surface area contributed by atoms with E-state index < -0.39 is 0 Å². The number of urea groups is 1. The Morgan fingerprint density at radius 3 is 2.70 bits per heavy atom. The monoisotopic (exact) mass is 315 g/mol. The Hall–Kier alpha value is -2.08. The standard InChI is InChI=1S/C17H21N3O3/c21-13-6-3-11(4-7-13)18-17(22)19-12-5-8-15-14(9-12)20-16(23-15)10-1-2-10/h5,8-11,13,21H,1-4,6-7H2,(H2,18,19,22). The molecule has 0 bridgehead atoms. The van der Waals surface area contributed by atoms with Crippen LogP contribution in [-0.4, -0.2) is 28.3 Å². The Labute approximate surface area is 134 Å². The van der Waals surface area contributed by atoms with Crippen molar-refractivity contribution in [3.63, 3.8) is 0 Å². The first-order valence-electron chi connectivity index (χ1n) is 8.33. The van der Waals surface area contributed by atoms with Gasteiger partial charge in [0, 0.05) is 17.6 Å². The Morgan fingerprint density at radius 1 is 1.17 bits per heavy atom. The zero-order valence-electron chi connectivity index (χ0n) is 12.9. The van der Waals surface area contributed by atoms with Crippen LogP contribution in [0.5, 0.6) is 0 Å². The number of carbonyl (C=O) groups is 1. The number of fused-ring (bicyclic) bond motifs is 1. The minimum Gasteiger partial charge on any atom is -0.440 e. The predicted octanol–water partition coefficient (Wildman–Crippen LogP) is 3.13. The quantitative estimate of drug-likeness (QED) is 0.812. The average Bonchev–Trinajstić information content (AvgIpc) is 3.29. The van der Waals surface area contributed by atoms with E-state index in [2.05, 4.69) is 15.6 Å². The highest BCUT2D eigenvalue weighted by molar-refractivity contribution is 5.91. The number of benzene rings is 1. The number of aromatic nitrogens is 1. The summed E-state index contributed by atoms with van der Waals surface area (Å²) in [5.74, 6) is 1.28. The number of amides is 2. The lowest BCUT2D eigenvalue weighted by molar-refractivity contribution is 0.118. The molecule has 3 N–H and O–H groups in total. The molecule has 0 aliphatic heterocycles. The van der Waals surface area contributed by atoms with E-state index in [1.807, 2.05) is 18.2 Å². The average molecular weight is 315 g/mol. The fourth-order valence-corrected chi connectivity index (χ4v) is 3.10. The highest BCUT2D eigenvalue weighted by atomic mass is 16.3. The van der Waals surface area contributed by atoms with Gasteiger partial charge in [-0.15, -0.1) is 0 Å². The summed E-state index contributed by atoms with van der Waals surface area (Å²) in [4.78, 5) is 16.6. The molecule has 1 heterocycles. The van der Waals surface area contributed by atoms with Crippen LogP contribution in [0.1, 0.15) is 50.3 Å². The molecule has 4 rings (SSSR count). The number of nitrogens with zero attached hydrogens (tertiary/aromatic N) is 1. The number of anilines is 1. The second-order valence-electron chi connectivity index (χ2n) is 6.61. The smallest absolute Gasteiger partial charge is 0.319 e. The predicted molar refractivity (Wildman–Crippen MR) is 86.4 cm³/mol. The topological polar surface area (TPSA) is 87.4 Å². The fourth-order valence-electron chi connectivity index (χ4n) is 3.10. The van der Waals surface area contributed by atoms with Gasteiger partial charge in [0.15, 0.2) is 11.5 Å². The molecule has 23 heavy (non-hydrogen) atoms. The number of hydrogen-bond acceptors (Lipinski definition) is 4. The normalized spacial score (nSPS) is 24.6. The van der Waals surface area contributed by atoms with Crippen LogP contribution < -0.4 is 10.6 Å². The van der Waals surface area contributed by atoms with Crippen molar-refractivity contribution in [1.29, 1.82) is 0 Å². The van der Waals surface area contributed by atoms with Gasteiger partial charge in [-0.25, -0.2) is 9.78 Å². The minimum atomic E-state index is -0.216. The Bertz CT molecular complexity index is 715. The Morgan fingerprint density at radius 2 is 1.96 bits per heavy atom. The van der Waals surface area contributed by atoms with E-state index in [9.17, 15) is 9.90 Å². The van der Waals surface area contributed by atoms with Crippen molar-refractivity contribution >= 4 is 22.8 Å². The van der Waals surface area contributed by atoms with Crippen LogP contribution in [-0.2, 0) is 0 Å². The van der Waals surface area contributed by atoms with Crippen molar-refractivity contribution in [2.24, 2.45) is 0 Å². The molecular formula is C17H21N3O3. The highest BCUT2D eigenvalue weighted by Crippen LogP contribution is 2.40. The first-order valence-corrected chi connectivity index (χ1v) is 8.33. The Kier molecular flexibility index (Phi) is 3.69. The zero-order chi connectivity index (χ0) is 15.8. The minimum absolute atomic E-state index is 0.135. The molecule has 2 amide bonds. The first kappa shape index (κ1) is 14.5. The van der Waals surface area contributed by atoms with Gasteiger partial charge in [-0.3, -0.25) is 0 Å². The van der Waals surface area contributed by atoms with Gasteiger partial charge in [0.1, 0.15) is 5.52 Å². The molecule has 2 saturated carbocycles. The van der Waals surface area contributed by atoms with E-state index in [-0.39, 0.29) is 18.2 Å². The second kappa shape index (κ2) is 5.85. The molecule has 0 unspecified atom stereocenters. The number of aliphatic hydroxyl groups is 1. The first-order chi connectivity index (χ1) is 11.2. The van der Waals surface area contributed by atoms with Gasteiger partial charge >= 0.3 is 6.03 Å². The van der Waals surface area contributed by atoms with E-state index in [4.69, 9.17) is 4.42 Å². The van der Waals surface area contributed by atoms with Crippen LogP contribution in [0, 0.1) is 0 Å². The molecule has 6 nitrogen and oxygen atoms in total. The van der Waals surface area contributed by atoms with Gasteiger partial charge in [-0.1, -0.05) is 0 Å². The van der Waals surface area contributed by atoms with Gasteiger partial charge in [0.05, 0.1) is 6.10 Å². The maximum atomic E-state index is 12.1. The number of oxazole rings is 1. The highest BCUT2D eigenvalue weighted by Gasteiger charge is 2.29. The Balaban J connectivity index is 1.39. The van der Waals surface area contributed by atoms with Crippen LogP contribution >= 0.6 is 0 Å². The number of rotatable bonds is 3. The SMILES string of the molecule is O=C(Nc1ccc2oc(C3CC3)nc2c1)NC1CCC(O)CC1. The van der Waals surface area contributed by atoms with Crippen molar-refractivity contribution in [3.8, 4) is 0 Å². The van der Waals surface area contributed by atoms with Crippen molar-refractivity contribution in [3.05, 3.63) is 24.1 Å². The summed E-state index contributed by atoms with van der Waals surface area (Å²) in [6.45, 7) is 0. The molecule has 2 aliphatic rings. The largest absolute Gasteiger partial charge is 0.440 e. The van der Waals surface area contributed by atoms with Gasteiger partial charge < -0.3 is 20.2 Å². The molecule has 0 atom stereocenters. The van der Waals surface area contributed by atoms with E-state index in [1.54, 1.807) is 0 Å². The summed E-state index contributed by atoms with van der Waals surface area (Å²) in [5, 5.41) is 15.3. The van der Waals surface area contributed by atoms with Crippen molar-refractivity contribution in [2.75, 3.05) is 5.32 Å². The molecule has 122 valence electrons. The number of aliphatic hydroxyl groups excluding tert-OH is 1. The third-order valence-corrected chi connectivity index (χ3v) is 4.62. The van der Waals surface area contributed by atoms with Crippen molar-refractivity contribution in [2.45, 2.75) is 56.6 Å². The van der Waals surface area contributed by atoms with E-state index >= 15 is 0 Å². The van der Waals surface area contributed by atoms with Gasteiger partial charge in [-0.05, 0) is 56.7 Å². The van der Waals surface area contributed by atoms with Gasteiger partial charge in [-0.2, -0.15) is 0 Å². The molecule has 2 aliphatic carbocycles. The van der Waals surface area contributed by atoms with Crippen LogP contribution in [0.3, 0.4) is 0 Å². The summed E-state index contributed by atoms with van der Waals surface area (Å²) in [6, 6.07) is 5.44. The summed E-state index contributed by atoms with van der Waals surface area (Å²) in [5.41, 5.74) is 2.26. The molecule has 0 spiro atoms. The van der Waals surface area contributed by atoms with Crippen LogP contribution in [0.2, 0.25) is 0 Å². The van der Waals surface area contributed by atoms with Gasteiger partial charge in [0.2, 0.25) is 0 Å². The molecule has 1 aromatic carbocycles. The van der Waals surface area contributed by atoms with Crippen molar-refractivity contribution < 1.29 is 14.3 Å². The maximum Gasteiger partial charge on any atom is 0.319 e. The molecule has 1 aromatic heterocycles. The summed E-state index contributed by atoms with van der Waals surface area (Å²) < 4.78 is 5.72. The van der Waals surface area contributed by atoms with Crippen LogP contribution in [0.4, 0.5) is 10.5 Å². The third-order valence-electron chi connectivity index (χ3n) is 4.62. The third kappa shape index (κ3) is 3.32. The van der Waals surface area contributed by atoms with Crippen molar-refractivity contribution in [1.82, 2.24) is 10.3 Å². The molecule has 2 fully saturated rings. The lowest BCUT2D eigenvalue weighted by Crippen LogP contribution is -2.40. The number of nitrogens with one attached hydrogen (secondary N) is 2. The summed E-state index contributed by atoms with van der Waals surface area (Å²) >= 11 is 0. The molecular weight excluding hydrogens is 294 g/mol. The maximum absolute atomic E-state index is 12.1.